The molecule has 2 atom stereocenters. The molecule has 34 heavy (non-hydrogen) atoms. The molecule has 3 aliphatic rings. The van der Waals surface area contributed by atoms with E-state index < -0.39 is 5.97 Å². The number of hydrogen-bond donors (Lipinski definition) is 1. The van der Waals surface area contributed by atoms with Gasteiger partial charge in [-0.15, -0.1) is 0 Å². The molecule has 0 radical (unpaired) electrons. The van der Waals surface area contributed by atoms with E-state index in [0.29, 0.717) is 23.5 Å². The number of likely N-dealkylation sites (tertiary alicyclic amines) is 1. The second-order valence-corrected chi connectivity index (χ2v) is 10.2. The van der Waals surface area contributed by atoms with E-state index in [9.17, 15) is 14.7 Å². The molecule has 0 bridgehead atoms. The number of hydrogen-bond acceptors (Lipinski definition) is 3. The summed E-state index contributed by atoms with van der Waals surface area (Å²) >= 11 is 0. The first-order valence-electron chi connectivity index (χ1n) is 12.3. The molecule has 6 rings (SSSR count). The van der Waals surface area contributed by atoms with Gasteiger partial charge in [-0.3, -0.25) is 4.79 Å². The average molecular weight is 459 g/mol. The molecule has 2 aliphatic heterocycles. The van der Waals surface area contributed by atoms with E-state index in [2.05, 4.69) is 34.9 Å². The molecule has 1 saturated carbocycles. The van der Waals surface area contributed by atoms with E-state index in [1.807, 2.05) is 18.0 Å². The van der Waals surface area contributed by atoms with E-state index in [0.717, 1.165) is 60.9 Å². The van der Waals surface area contributed by atoms with Crippen molar-refractivity contribution in [2.45, 2.75) is 44.1 Å². The Morgan fingerprint density at radius 1 is 1.06 bits per heavy atom. The van der Waals surface area contributed by atoms with Gasteiger partial charge in [-0.05, 0) is 72.8 Å². The van der Waals surface area contributed by atoms with Crippen molar-refractivity contribution in [2.24, 2.45) is 12.5 Å². The number of aryl methyl sites for hydroxylation is 1. The van der Waals surface area contributed by atoms with Crippen LogP contribution in [0.2, 0.25) is 0 Å². The van der Waals surface area contributed by atoms with Gasteiger partial charge in [-0.2, -0.15) is 0 Å². The Balaban J connectivity index is 1.15. The Morgan fingerprint density at radius 3 is 2.50 bits per heavy atom. The van der Waals surface area contributed by atoms with Crippen LogP contribution in [0.3, 0.4) is 0 Å². The van der Waals surface area contributed by atoms with Crippen molar-refractivity contribution >= 4 is 22.8 Å². The van der Waals surface area contributed by atoms with Crippen LogP contribution in [-0.4, -0.2) is 52.3 Å². The Hall–Kier alpha value is -3.12. The molecule has 3 heterocycles. The van der Waals surface area contributed by atoms with Gasteiger partial charge in [0.25, 0.3) is 5.91 Å². The molecule has 3 fully saturated rings. The summed E-state index contributed by atoms with van der Waals surface area (Å²) in [7, 11) is 1.98. The number of rotatable bonds is 4. The fourth-order valence-electron chi connectivity index (χ4n) is 6.15. The van der Waals surface area contributed by atoms with Crippen LogP contribution in [0.1, 0.15) is 53.9 Å². The number of carbonyl (C=O) groups is 2. The van der Waals surface area contributed by atoms with Gasteiger partial charge in [0.2, 0.25) is 0 Å². The molecule has 3 aromatic rings. The summed E-state index contributed by atoms with van der Waals surface area (Å²) in [6, 6.07) is 16.3. The molecule has 176 valence electrons. The Morgan fingerprint density at radius 2 is 1.82 bits per heavy atom. The minimum atomic E-state index is -0.908. The van der Waals surface area contributed by atoms with Crippen molar-refractivity contribution in [3.8, 4) is 11.3 Å². The highest BCUT2D eigenvalue weighted by Crippen LogP contribution is 2.65. The molecular weight excluding hydrogens is 428 g/mol. The summed E-state index contributed by atoms with van der Waals surface area (Å²) in [4.78, 5) is 26.0. The number of ether oxygens (including phenoxy) is 1. The number of fused-ring (bicyclic) bond motifs is 1. The third-order valence-corrected chi connectivity index (χ3v) is 8.37. The number of nitrogens with zero attached hydrogens (tertiary/aromatic N) is 2. The summed E-state index contributed by atoms with van der Waals surface area (Å²) < 4.78 is 7.66. The van der Waals surface area contributed by atoms with Crippen LogP contribution in [0.15, 0.2) is 48.5 Å². The fourth-order valence-corrected chi connectivity index (χ4v) is 6.15. The minimum Gasteiger partial charge on any atom is -0.478 e. The van der Waals surface area contributed by atoms with Crippen molar-refractivity contribution < 1.29 is 19.4 Å². The van der Waals surface area contributed by atoms with Crippen LogP contribution in [0.5, 0.6) is 0 Å². The highest BCUT2D eigenvalue weighted by molar-refractivity contribution is 5.95. The number of benzene rings is 2. The molecule has 1 aliphatic carbocycles. The maximum Gasteiger partial charge on any atom is 0.335 e. The maximum atomic E-state index is 12.7. The van der Waals surface area contributed by atoms with E-state index in [1.165, 1.54) is 12.0 Å². The van der Waals surface area contributed by atoms with Gasteiger partial charge in [-0.1, -0.05) is 30.3 Å². The van der Waals surface area contributed by atoms with Crippen molar-refractivity contribution in [1.82, 2.24) is 9.47 Å². The molecular formula is C28H30N2O4. The number of amides is 1. The van der Waals surface area contributed by atoms with Crippen molar-refractivity contribution in [3.05, 3.63) is 59.7 Å². The summed E-state index contributed by atoms with van der Waals surface area (Å²) in [5.41, 5.74) is 5.17. The smallest absolute Gasteiger partial charge is 0.335 e. The Kier molecular flexibility index (Phi) is 5.03. The number of aromatic nitrogens is 1. The SMILES string of the molecule is Cn1c(-c2ccc([C@@H]3CC34CCN(C(=O)C3CCCO3)CC4)cc2)cc2ccc(C(=O)O)cc21. The summed E-state index contributed by atoms with van der Waals surface area (Å²) in [5, 5.41) is 10.3. The van der Waals surface area contributed by atoms with E-state index in [1.54, 1.807) is 12.1 Å². The van der Waals surface area contributed by atoms with Crippen molar-refractivity contribution in [3.63, 3.8) is 0 Å². The van der Waals surface area contributed by atoms with Crippen LogP contribution >= 0.6 is 0 Å². The fraction of sp³-hybridized carbons (Fsp3) is 0.429. The van der Waals surface area contributed by atoms with Gasteiger partial charge in [0, 0.05) is 43.3 Å². The third-order valence-electron chi connectivity index (χ3n) is 8.37. The van der Waals surface area contributed by atoms with Gasteiger partial charge in [0.1, 0.15) is 6.10 Å². The van der Waals surface area contributed by atoms with Crippen molar-refractivity contribution in [1.29, 1.82) is 0 Å². The molecule has 1 N–H and O–H groups in total. The molecule has 1 aromatic heterocycles. The average Bonchev–Trinajstić information content (AvgIpc) is 3.18. The molecule has 1 unspecified atom stereocenters. The number of aromatic carboxylic acids is 1. The number of carboxylic acids is 1. The van der Waals surface area contributed by atoms with Crippen LogP contribution < -0.4 is 0 Å². The summed E-state index contributed by atoms with van der Waals surface area (Å²) in [6.45, 7) is 2.41. The molecule has 1 amide bonds. The largest absolute Gasteiger partial charge is 0.478 e. The lowest BCUT2D eigenvalue weighted by atomic mass is 9.88. The van der Waals surface area contributed by atoms with Crippen LogP contribution in [0.4, 0.5) is 0 Å². The first kappa shape index (κ1) is 21.4. The lowest BCUT2D eigenvalue weighted by Gasteiger charge is -2.34. The molecule has 1 spiro atoms. The zero-order chi connectivity index (χ0) is 23.4. The second-order valence-electron chi connectivity index (χ2n) is 10.2. The van der Waals surface area contributed by atoms with E-state index in [4.69, 9.17) is 4.74 Å². The lowest BCUT2D eigenvalue weighted by Crippen LogP contribution is -2.44. The minimum absolute atomic E-state index is 0.194. The second kappa shape index (κ2) is 7.98. The predicted molar refractivity (Wildman–Crippen MR) is 130 cm³/mol. The number of piperidine rings is 1. The normalized spacial score (nSPS) is 23.5. The van der Waals surface area contributed by atoms with Gasteiger partial charge in [-0.25, -0.2) is 4.79 Å². The van der Waals surface area contributed by atoms with Gasteiger partial charge in [0.05, 0.1) is 5.56 Å². The van der Waals surface area contributed by atoms with Crippen LogP contribution in [0.25, 0.3) is 22.2 Å². The first-order chi connectivity index (χ1) is 16.4. The van der Waals surface area contributed by atoms with Crippen molar-refractivity contribution in [2.75, 3.05) is 19.7 Å². The zero-order valence-corrected chi connectivity index (χ0v) is 19.5. The van der Waals surface area contributed by atoms with E-state index >= 15 is 0 Å². The van der Waals surface area contributed by atoms with Crippen LogP contribution in [-0.2, 0) is 16.6 Å². The highest BCUT2D eigenvalue weighted by atomic mass is 16.5. The van der Waals surface area contributed by atoms with Gasteiger partial charge < -0.3 is 19.3 Å². The first-order valence-corrected chi connectivity index (χ1v) is 12.3. The monoisotopic (exact) mass is 458 g/mol. The Bertz CT molecular complexity index is 1260. The highest BCUT2D eigenvalue weighted by Gasteiger charge is 2.55. The van der Waals surface area contributed by atoms with Crippen LogP contribution in [0, 0.1) is 5.41 Å². The number of carboxylic acid groups (broad SMARTS) is 1. The Labute approximate surface area is 199 Å². The topological polar surface area (TPSA) is 71.8 Å². The predicted octanol–water partition coefficient (Wildman–Crippen LogP) is 4.82. The molecule has 2 saturated heterocycles. The third kappa shape index (κ3) is 3.52. The molecule has 2 aromatic carbocycles. The van der Waals surface area contributed by atoms with Gasteiger partial charge in [0.15, 0.2) is 0 Å². The lowest BCUT2D eigenvalue weighted by molar-refractivity contribution is -0.142. The zero-order valence-electron chi connectivity index (χ0n) is 19.5. The van der Waals surface area contributed by atoms with Gasteiger partial charge >= 0.3 is 5.97 Å². The maximum absolute atomic E-state index is 12.7. The standard InChI is InChI=1S/C28H30N2O4/c1-29-23(15-20-8-9-21(27(32)33)16-24(20)29)19-6-4-18(5-7-19)22-17-28(22)10-12-30(13-11-28)26(31)25-3-2-14-34-25/h4-9,15-16,22,25H,2-3,10-14,17H2,1H3,(H,32,33)/t22-,25?/m0/s1. The molecule has 6 heteroatoms. The quantitative estimate of drug-likeness (QED) is 0.609. The summed E-state index contributed by atoms with van der Waals surface area (Å²) in [5.74, 6) is -0.138. The number of carbonyl (C=O) groups excluding carboxylic acids is 1. The summed E-state index contributed by atoms with van der Waals surface area (Å²) in [6.07, 6.45) is 5.02. The van der Waals surface area contributed by atoms with E-state index in [-0.39, 0.29) is 12.0 Å². The molecule has 6 nitrogen and oxygen atoms in total.